The molecule has 2 rings (SSSR count). The van der Waals surface area contributed by atoms with Crippen LogP contribution in [0.15, 0.2) is 29.8 Å². The van der Waals surface area contributed by atoms with Crippen molar-refractivity contribution in [1.29, 1.82) is 0 Å². The van der Waals surface area contributed by atoms with Crippen molar-refractivity contribution in [2.45, 2.75) is 32.4 Å². The number of hydrogen-bond donors (Lipinski definition) is 1. The van der Waals surface area contributed by atoms with Crippen molar-refractivity contribution in [3.63, 3.8) is 0 Å². The number of nitrogens with zero attached hydrogens (tertiary/aromatic N) is 1. The number of aromatic nitrogens is 1. The summed E-state index contributed by atoms with van der Waals surface area (Å²) in [6.45, 7) is 4.01. The normalized spacial score (nSPS) is 13.0. The Balaban J connectivity index is 2.29. The van der Waals surface area contributed by atoms with Gasteiger partial charge in [-0.05, 0) is 24.0 Å². The van der Waals surface area contributed by atoms with Crippen molar-refractivity contribution < 1.29 is 18.0 Å². The summed E-state index contributed by atoms with van der Waals surface area (Å²) in [6, 6.07) is 7.12. The predicted molar refractivity (Wildman–Crippen MR) is 80.2 cm³/mol. The lowest BCUT2D eigenvalue weighted by Crippen LogP contribution is -2.18. The highest BCUT2D eigenvalue weighted by atomic mass is 32.1. The Bertz CT molecular complexity index is 667. The van der Waals surface area contributed by atoms with Crippen LogP contribution >= 0.6 is 11.3 Å². The number of benzene rings is 1. The summed E-state index contributed by atoms with van der Waals surface area (Å²) in [5.74, 6) is -0.592. The van der Waals surface area contributed by atoms with Crippen molar-refractivity contribution in [1.82, 2.24) is 4.98 Å². The summed E-state index contributed by atoms with van der Waals surface area (Å²) in [6.07, 6.45) is -3.77. The standard InChI is InChI=1S/C15H15F3N2OS/c1-3-9(2)10-6-4-5-7-11(10)20-14(21)12-13(15(16,17)18)19-8-22-12/h4-9H,3H2,1-2H3,(H,20,21). The fourth-order valence-corrected chi connectivity index (χ4v) is 2.75. The molecule has 0 aliphatic heterocycles. The number of amides is 1. The van der Waals surface area contributed by atoms with Crippen LogP contribution in [0.4, 0.5) is 18.9 Å². The van der Waals surface area contributed by atoms with E-state index < -0.39 is 22.7 Å². The second-order valence-corrected chi connectivity index (χ2v) is 5.73. The number of rotatable bonds is 4. The highest BCUT2D eigenvalue weighted by molar-refractivity contribution is 7.12. The zero-order valence-corrected chi connectivity index (χ0v) is 12.9. The van der Waals surface area contributed by atoms with E-state index in [4.69, 9.17) is 0 Å². The summed E-state index contributed by atoms with van der Waals surface area (Å²) in [5.41, 5.74) is 1.31. The lowest BCUT2D eigenvalue weighted by atomic mass is 9.97. The molecule has 1 atom stereocenters. The molecule has 3 nitrogen and oxygen atoms in total. The van der Waals surface area contributed by atoms with Crippen molar-refractivity contribution in [3.8, 4) is 0 Å². The maximum atomic E-state index is 12.8. The summed E-state index contributed by atoms with van der Waals surface area (Å²) >= 11 is 0.681. The minimum absolute atomic E-state index is 0.194. The van der Waals surface area contributed by atoms with E-state index >= 15 is 0 Å². The second kappa shape index (κ2) is 6.48. The number of anilines is 1. The van der Waals surface area contributed by atoms with E-state index in [1.54, 1.807) is 12.1 Å². The van der Waals surface area contributed by atoms with Crippen LogP contribution in [0, 0.1) is 0 Å². The topological polar surface area (TPSA) is 42.0 Å². The summed E-state index contributed by atoms with van der Waals surface area (Å²) < 4.78 is 38.4. The predicted octanol–water partition coefficient (Wildman–Crippen LogP) is 4.93. The molecule has 0 radical (unpaired) electrons. The lowest BCUT2D eigenvalue weighted by Gasteiger charge is -2.15. The number of thiazole rings is 1. The first-order chi connectivity index (χ1) is 10.3. The fraction of sp³-hybridized carbons (Fsp3) is 0.333. The van der Waals surface area contributed by atoms with Crippen LogP contribution in [0.1, 0.15) is 47.1 Å². The molecule has 118 valence electrons. The number of carbonyl (C=O) groups excluding carboxylic acids is 1. The number of alkyl halides is 3. The number of carbonyl (C=O) groups is 1. The third-order valence-corrected chi connectivity index (χ3v) is 4.22. The molecule has 22 heavy (non-hydrogen) atoms. The SMILES string of the molecule is CCC(C)c1ccccc1NC(=O)c1scnc1C(F)(F)F. The van der Waals surface area contributed by atoms with E-state index in [1.165, 1.54) is 0 Å². The highest BCUT2D eigenvalue weighted by Crippen LogP contribution is 2.33. The zero-order chi connectivity index (χ0) is 16.3. The van der Waals surface area contributed by atoms with Crippen LogP contribution in [-0.2, 0) is 6.18 Å². The fourth-order valence-electron chi connectivity index (χ4n) is 2.05. The first kappa shape index (κ1) is 16.5. The molecule has 2 aromatic rings. The van der Waals surface area contributed by atoms with Crippen molar-refractivity contribution in [2.24, 2.45) is 0 Å². The molecule has 0 saturated heterocycles. The van der Waals surface area contributed by atoms with Gasteiger partial charge in [-0.1, -0.05) is 32.0 Å². The van der Waals surface area contributed by atoms with Crippen LogP contribution in [0.25, 0.3) is 0 Å². The molecule has 1 unspecified atom stereocenters. The zero-order valence-electron chi connectivity index (χ0n) is 12.1. The largest absolute Gasteiger partial charge is 0.434 e. The quantitative estimate of drug-likeness (QED) is 0.865. The summed E-state index contributed by atoms with van der Waals surface area (Å²) in [4.78, 5) is 15.0. The van der Waals surface area contributed by atoms with Gasteiger partial charge in [0.2, 0.25) is 0 Å². The minimum atomic E-state index is -4.64. The number of hydrogen-bond acceptors (Lipinski definition) is 3. The van der Waals surface area contributed by atoms with Gasteiger partial charge in [0.1, 0.15) is 4.88 Å². The Morgan fingerprint density at radius 3 is 2.68 bits per heavy atom. The molecule has 1 N–H and O–H groups in total. The van der Waals surface area contributed by atoms with Gasteiger partial charge in [0.05, 0.1) is 5.51 Å². The van der Waals surface area contributed by atoms with Gasteiger partial charge >= 0.3 is 6.18 Å². The molecule has 7 heteroatoms. The molecular weight excluding hydrogens is 313 g/mol. The maximum absolute atomic E-state index is 12.8. The van der Waals surface area contributed by atoms with Crippen LogP contribution in [0.3, 0.4) is 0 Å². The smallest absolute Gasteiger partial charge is 0.321 e. The van der Waals surface area contributed by atoms with Gasteiger partial charge in [-0.25, -0.2) is 4.98 Å². The van der Waals surface area contributed by atoms with Gasteiger partial charge in [0, 0.05) is 5.69 Å². The monoisotopic (exact) mass is 328 g/mol. The molecular formula is C15H15F3N2OS. The molecule has 0 fully saturated rings. The Morgan fingerprint density at radius 1 is 1.36 bits per heavy atom. The van der Waals surface area contributed by atoms with Gasteiger partial charge in [-0.15, -0.1) is 11.3 Å². The molecule has 0 saturated carbocycles. The van der Waals surface area contributed by atoms with Crippen LogP contribution < -0.4 is 5.32 Å². The highest BCUT2D eigenvalue weighted by Gasteiger charge is 2.38. The molecule has 1 aromatic carbocycles. The van der Waals surface area contributed by atoms with Crippen LogP contribution in [0.2, 0.25) is 0 Å². The van der Waals surface area contributed by atoms with E-state index in [9.17, 15) is 18.0 Å². The van der Waals surface area contributed by atoms with Gasteiger partial charge in [-0.2, -0.15) is 13.2 Å². The molecule has 0 aliphatic carbocycles. The third kappa shape index (κ3) is 3.47. The number of nitrogens with one attached hydrogen (secondary N) is 1. The van der Waals surface area contributed by atoms with E-state index in [0.717, 1.165) is 17.5 Å². The van der Waals surface area contributed by atoms with E-state index in [2.05, 4.69) is 10.3 Å². The van der Waals surface area contributed by atoms with E-state index in [-0.39, 0.29) is 5.92 Å². The molecule has 0 spiro atoms. The number of para-hydroxylation sites is 1. The maximum Gasteiger partial charge on any atom is 0.434 e. The third-order valence-electron chi connectivity index (χ3n) is 3.39. The van der Waals surface area contributed by atoms with Crippen LogP contribution in [-0.4, -0.2) is 10.9 Å². The Kier molecular flexibility index (Phi) is 4.85. The summed E-state index contributed by atoms with van der Waals surface area (Å²) in [5, 5.41) is 2.57. The first-order valence-electron chi connectivity index (χ1n) is 6.75. The average Bonchev–Trinajstić information content (AvgIpc) is 2.96. The Hall–Kier alpha value is -1.89. The molecule has 1 aromatic heterocycles. The lowest BCUT2D eigenvalue weighted by molar-refractivity contribution is -0.141. The van der Waals surface area contributed by atoms with Gasteiger partial charge < -0.3 is 5.32 Å². The average molecular weight is 328 g/mol. The minimum Gasteiger partial charge on any atom is -0.321 e. The van der Waals surface area contributed by atoms with Gasteiger partial charge in [0.15, 0.2) is 5.69 Å². The van der Waals surface area contributed by atoms with Crippen LogP contribution in [0.5, 0.6) is 0 Å². The molecule has 1 amide bonds. The first-order valence-corrected chi connectivity index (χ1v) is 7.63. The number of halogens is 3. The van der Waals surface area contributed by atoms with Crippen molar-refractivity contribution >= 4 is 22.9 Å². The Labute approximate surface area is 130 Å². The molecule has 0 bridgehead atoms. The van der Waals surface area contributed by atoms with Gasteiger partial charge in [0.25, 0.3) is 5.91 Å². The molecule has 1 heterocycles. The molecule has 0 aliphatic rings. The van der Waals surface area contributed by atoms with Gasteiger partial charge in [-0.3, -0.25) is 4.79 Å². The second-order valence-electron chi connectivity index (χ2n) is 4.88. The van der Waals surface area contributed by atoms with Crippen molar-refractivity contribution in [3.05, 3.63) is 45.9 Å². The van der Waals surface area contributed by atoms with Crippen molar-refractivity contribution in [2.75, 3.05) is 5.32 Å². The van der Waals surface area contributed by atoms with E-state index in [0.29, 0.717) is 17.0 Å². The Morgan fingerprint density at radius 2 is 2.05 bits per heavy atom. The summed E-state index contributed by atoms with van der Waals surface area (Å²) in [7, 11) is 0. The van der Waals surface area contributed by atoms with E-state index in [1.807, 2.05) is 26.0 Å².